The first-order chi connectivity index (χ1) is 43.0. The number of ketones is 4. The summed E-state index contributed by atoms with van der Waals surface area (Å²) in [6.07, 6.45) is 11.7. The van der Waals surface area contributed by atoms with E-state index in [1.807, 2.05) is 32.0 Å². The number of carbonyl (C=O) groups is 4. The van der Waals surface area contributed by atoms with Crippen LogP contribution in [-0.2, 0) is 19.3 Å². The van der Waals surface area contributed by atoms with E-state index in [4.69, 9.17) is 20.4 Å². The first kappa shape index (κ1) is 76.0. The van der Waals surface area contributed by atoms with E-state index in [2.05, 4.69) is 46.1 Å². The van der Waals surface area contributed by atoms with E-state index in [9.17, 15) is 49.9 Å². The number of nitrogens with two attached hydrogens (primary N) is 1. The number of aliphatic hydroxyl groups excluding tert-OH is 1. The van der Waals surface area contributed by atoms with Crippen molar-refractivity contribution in [2.24, 2.45) is 16.2 Å². The minimum atomic E-state index is -0.891. The molecule has 9 rings (SSSR count). The van der Waals surface area contributed by atoms with Gasteiger partial charge in [0.25, 0.3) is 0 Å². The number of oxime groups is 2. The summed E-state index contributed by atoms with van der Waals surface area (Å²) in [7, 11) is 0. The quantitative estimate of drug-likeness (QED) is 0.0165. The fourth-order valence-electron chi connectivity index (χ4n) is 7.16. The van der Waals surface area contributed by atoms with Crippen LogP contribution in [0, 0.1) is 40.9 Å². The van der Waals surface area contributed by atoms with Crippen molar-refractivity contribution in [3.05, 3.63) is 280 Å². The zero-order valence-corrected chi connectivity index (χ0v) is 49.8. The smallest absolute Gasteiger partial charge is 0.248 e. The number of benzene rings is 3. The molecule has 6 aromatic heterocycles. The number of hydrogen-bond donors (Lipinski definition) is 4. The van der Waals surface area contributed by atoms with Gasteiger partial charge in [0.2, 0.25) is 11.8 Å². The third kappa shape index (κ3) is 26.1. The minimum Gasteiger partial charge on any atom is -0.411 e. The lowest BCUT2D eigenvalue weighted by molar-refractivity contribution is 0.0974. The average molecular weight is 1270 g/mol. The Morgan fingerprint density at radius 2 is 0.800 bits per heavy atom. The maximum atomic E-state index is 13.7. The molecule has 0 aliphatic heterocycles. The molecule has 0 fully saturated rings. The van der Waals surface area contributed by atoms with Gasteiger partial charge in [0.1, 0.15) is 34.9 Å². The number of aromatic nitrogens is 6. The van der Waals surface area contributed by atoms with Gasteiger partial charge >= 0.3 is 0 Å². The van der Waals surface area contributed by atoms with E-state index in [1.54, 1.807) is 99.3 Å². The van der Waals surface area contributed by atoms with E-state index < -0.39 is 74.9 Å². The van der Waals surface area contributed by atoms with Crippen molar-refractivity contribution in [2.45, 2.75) is 66.2 Å². The van der Waals surface area contributed by atoms with E-state index in [0.717, 1.165) is 36.4 Å². The Hall–Kier alpha value is -10.1. The number of Topliss-reactive ketones (excluding diaryl/α,β-unsaturated/α-hetero) is 4. The van der Waals surface area contributed by atoms with Crippen LogP contribution in [0.2, 0.25) is 0 Å². The molecule has 0 saturated heterocycles. The number of aliphatic hydroxyl groups is 1. The van der Waals surface area contributed by atoms with Crippen LogP contribution in [0.4, 0.5) is 30.7 Å². The highest BCUT2D eigenvalue weighted by Crippen LogP contribution is 2.19. The molecule has 25 heteroatoms. The molecule has 3 aromatic carbocycles. The number of rotatable bonds is 17. The average Bonchev–Trinajstić information content (AvgIpc) is 1.22. The van der Waals surface area contributed by atoms with Crippen LogP contribution in [-0.4, -0.2) is 86.6 Å². The number of hydrogen-bond acceptors (Lipinski definition) is 17. The number of carbonyl (C=O) groups excluding carboxylic acids is 4. The van der Waals surface area contributed by atoms with Gasteiger partial charge < -0.3 is 20.4 Å². The zero-order chi connectivity index (χ0) is 65.5. The molecule has 0 radical (unpaired) electrons. The normalized spacial score (nSPS) is 10.2. The molecule has 0 unspecified atom stereocenters. The molecule has 9 aromatic rings. The summed E-state index contributed by atoms with van der Waals surface area (Å²) in [4.78, 5) is 76.3. The van der Waals surface area contributed by atoms with E-state index >= 15 is 0 Å². The lowest BCUT2D eigenvalue weighted by atomic mass is 10.0. The number of pyridine rings is 6. The second kappa shape index (κ2) is 42.7. The van der Waals surface area contributed by atoms with Gasteiger partial charge in [-0.05, 0) is 123 Å². The third-order valence-corrected chi connectivity index (χ3v) is 11.4. The van der Waals surface area contributed by atoms with Gasteiger partial charge in [-0.25, -0.2) is 42.2 Å². The molecule has 472 valence electrons. The molecule has 0 bridgehead atoms. The molecule has 0 aliphatic rings. The largest absolute Gasteiger partial charge is 0.411 e. The van der Waals surface area contributed by atoms with Crippen LogP contribution < -0.4 is 10.7 Å². The van der Waals surface area contributed by atoms with Crippen LogP contribution in [0.3, 0.4) is 0 Å². The van der Waals surface area contributed by atoms with Crippen molar-refractivity contribution in [2.75, 3.05) is 6.61 Å². The SMILES string of the molecule is CC/C(=N\O)c1ccc(CC(=O)c2c(F)cccc2F)nc1.CC/C(=N\Oc1ccccn1)c1ccc(CC(=O)c2c(F)cccc2F)nc1.CCC(=O)c1ccc(CC(=O)c2c(F)cccc2F)nc1.CCO.Cl.Fc1ccccn1.NO.c1ccncc1. The van der Waals surface area contributed by atoms with E-state index in [-0.39, 0.29) is 44.1 Å². The molecule has 0 aliphatic carbocycles. The Kier molecular flexibility index (Phi) is 36.0. The maximum Gasteiger partial charge on any atom is 0.248 e. The lowest BCUT2D eigenvalue weighted by Gasteiger charge is -2.06. The molecule has 0 amide bonds. The van der Waals surface area contributed by atoms with Crippen molar-refractivity contribution >= 4 is 47.0 Å². The predicted molar refractivity (Wildman–Crippen MR) is 325 cm³/mol. The summed E-state index contributed by atoms with van der Waals surface area (Å²) in [5, 5.41) is 30.1. The Labute approximate surface area is 520 Å². The second-order valence-corrected chi connectivity index (χ2v) is 17.5. The van der Waals surface area contributed by atoms with Gasteiger partial charge in [-0.15, -0.1) is 12.4 Å². The maximum absolute atomic E-state index is 13.7. The molecular formula is C65H63ClF7N9O8. The highest BCUT2D eigenvalue weighted by atomic mass is 35.5. The fourth-order valence-corrected chi connectivity index (χ4v) is 7.16. The summed E-state index contributed by atoms with van der Waals surface area (Å²) in [6.45, 7) is 7.41. The Morgan fingerprint density at radius 1 is 0.433 bits per heavy atom. The molecule has 0 saturated carbocycles. The molecule has 90 heavy (non-hydrogen) atoms. The Balaban J connectivity index is 0.000000404. The molecule has 17 nitrogen and oxygen atoms in total. The highest BCUT2D eigenvalue weighted by Gasteiger charge is 2.21. The van der Waals surface area contributed by atoms with Crippen molar-refractivity contribution in [3.8, 4) is 5.88 Å². The first-order valence-corrected chi connectivity index (χ1v) is 26.9. The van der Waals surface area contributed by atoms with Crippen molar-refractivity contribution in [1.29, 1.82) is 0 Å². The predicted octanol–water partition coefficient (Wildman–Crippen LogP) is 13.2. The topological polar surface area (TPSA) is 266 Å². The van der Waals surface area contributed by atoms with E-state index in [1.165, 1.54) is 48.9 Å². The van der Waals surface area contributed by atoms with Gasteiger partial charge in [0.05, 0.1) is 47.4 Å². The molecule has 0 atom stereocenters. The van der Waals surface area contributed by atoms with Crippen molar-refractivity contribution in [1.82, 2.24) is 29.9 Å². The molecule has 5 N–H and O–H groups in total. The summed E-state index contributed by atoms with van der Waals surface area (Å²) in [5.41, 5.74) is 2.37. The summed E-state index contributed by atoms with van der Waals surface area (Å²) in [5.74, 6) is -3.96. The lowest BCUT2D eigenvalue weighted by Crippen LogP contribution is -2.10. The van der Waals surface area contributed by atoms with Crippen LogP contribution in [0.25, 0.3) is 0 Å². The molecule has 0 spiro atoms. The second-order valence-electron chi connectivity index (χ2n) is 17.5. The van der Waals surface area contributed by atoms with Gasteiger partial charge in [-0.2, -0.15) is 4.39 Å². The fraction of sp³-hybridized carbons (Fsp3) is 0.169. The molecule has 6 heterocycles. The minimum absolute atomic E-state index is 0. The van der Waals surface area contributed by atoms with Gasteiger partial charge in [-0.3, -0.25) is 39.1 Å². The standard InChI is InChI=1S/C21H17F2N3O2.C16H14F2N2O2.C16H13F2NO2.C5H4FN.C5H5N.C2H6O.ClH.H3NO/c1-2-18(26-28-20-8-3-4-11-24-20)14-9-10-15(25-13-14)12-19(27)21-16(22)6-5-7-17(21)23;1-2-14(20-22)10-6-7-11(19-9-10)8-15(21)16-12(17)4-3-5-13(16)18;1-2-14(20)10-6-7-11(19-9-10)8-15(21)16-12(17)4-3-5-13(16)18;6-5-3-1-2-4-7-5;1-2-4-6-5-3-1;1-2-3;;1-2/h3-11,13H,2,12H2,1H3;3-7,9,22H,2,8H2,1H3;3-7,9H,2,8H2,1H3;1-4H;1-5H;3H,2H2,1H3;1H;2H,1H2/b26-18+;20-14+;;;;;;. The monoisotopic (exact) mass is 1270 g/mol. The number of halogens is 8. The summed E-state index contributed by atoms with van der Waals surface area (Å²) < 4.78 is 93.3. The first-order valence-electron chi connectivity index (χ1n) is 26.9. The van der Waals surface area contributed by atoms with Crippen LogP contribution in [0.15, 0.2) is 199 Å². The highest BCUT2D eigenvalue weighted by molar-refractivity contribution is 6.02. The van der Waals surface area contributed by atoms with Crippen molar-refractivity contribution in [3.63, 3.8) is 0 Å². The van der Waals surface area contributed by atoms with Crippen LogP contribution >= 0.6 is 12.4 Å². The molecular weight excluding hydrogens is 1200 g/mol. The van der Waals surface area contributed by atoms with Gasteiger partial charge in [0, 0.05) is 96.2 Å². The Bertz CT molecular complexity index is 3580. The van der Waals surface area contributed by atoms with Crippen LogP contribution in [0.1, 0.15) is 117 Å². The van der Waals surface area contributed by atoms with Crippen LogP contribution in [0.5, 0.6) is 5.88 Å². The number of nitrogens with zero attached hydrogens (tertiary/aromatic N) is 8. The Morgan fingerprint density at radius 3 is 1.07 bits per heavy atom. The van der Waals surface area contributed by atoms with Gasteiger partial charge in [0.15, 0.2) is 23.1 Å². The summed E-state index contributed by atoms with van der Waals surface area (Å²) >= 11 is 0. The zero-order valence-electron chi connectivity index (χ0n) is 48.9. The van der Waals surface area contributed by atoms with Crippen molar-refractivity contribution < 1.29 is 70.3 Å². The van der Waals surface area contributed by atoms with Gasteiger partial charge in [-0.1, -0.05) is 67.5 Å². The van der Waals surface area contributed by atoms with E-state index in [0.29, 0.717) is 70.3 Å². The summed E-state index contributed by atoms with van der Waals surface area (Å²) in [6, 6.07) is 35.0. The third-order valence-electron chi connectivity index (χ3n) is 11.4.